The molecule has 0 aliphatic heterocycles. The Hall–Kier alpha value is 0.177. The molecule has 0 radical (unpaired) electrons. The van der Waals surface area contributed by atoms with Gasteiger partial charge in [-0.1, -0.05) is 39.5 Å². The first kappa shape index (κ1) is 10.2. The number of nitrogens with two attached hydrogens (primary N) is 1. The van der Waals surface area contributed by atoms with E-state index in [2.05, 4.69) is 33.5 Å². The molecule has 0 saturated heterocycles. The summed E-state index contributed by atoms with van der Waals surface area (Å²) in [6, 6.07) is 1.33. The minimum atomic E-state index is -0.894. The maximum atomic E-state index is 5.64. The average molecular weight is 159 g/mol. The van der Waals surface area contributed by atoms with E-state index >= 15 is 0 Å². The van der Waals surface area contributed by atoms with Gasteiger partial charge in [0.15, 0.2) is 0 Å². The zero-order valence-corrected chi connectivity index (χ0v) is 8.99. The first-order valence-electron chi connectivity index (χ1n) is 3.97. The Morgan fingerprint density at radius 1 is 1.20 bits per heavy atom. The van der Waals surface area contributed by atoms with Crippen LogP contribution in [0.1, 0.15) is 13.8 Å². The molecule has 0 aliphatic carbocycles. The van der Waals surface area contributed by atoms with Crippen LogP contribution in [-0.2, 0) is 0 Å². The van der Waals surface area contributed by atoms with E-state index in [1.165, 1.54) is 6.04 Å². The van der Waals surface area contributed by atoms with Crippen molar-refractivity contribution in [2.45, 2.75) is 39.5 Å². The van der Waals surface area contributed by atoms with Gasteiger partial charge < -0.3 is 5.73 Å². The van der Waals surface area contributed by atoms with Crippen LogP contribution >= 0.6 is 0 Å². The Labute approximate surface area is 66.0 Å². The second-order valence-electron chi connectivity index (χ2n) is 5.11. The van der Waals surface area contributed by atoms with Gasteiger partial charge in [0.2, 0.25) is 0 Å². The van der Waals surface area contributed by atoms with Gasteiger partial charge >= 0.3 is 0 Å². The third-order valence-electron chi connectivity index (χ3n) is 1.56. The fourth-order valence-electron chi connectivity index (χ4n) is 1.51. The Morgan fingerprint density at radius 2 is 1.60 bits per heavy atom. The van der Waals surface area contributed by atoms with Crippen LogP contribution in [-0.4, -0.2) is 14.6 Å². The summed E-state index contributed by atoms with van der Waals surface area (Å²) in [5.74, 6) is 0. The van der Waals surface area contributed by atoms with E-state index in [-0.39, 0.29) is 0 Å². The van der Waals surface area contributed by atoms with E-state index in [9.17, 15) is 0 Å². The maximum Gasteiger partial charge on any atom is 0.0448 e. The van der Waals surface area contributed by atoms with E-state index in [1.54, 1.807) is 0 Å². The molecule has 0 heterocycles. The lowest BCUT2D eigenvalue weighted by Crippen LogP contribution is -2.33. The Balaban J connectivity index is 3.89. The van der Waals surface area contributed by atoms with Gasteiger partial charge in [-0.2, -0.15) is 0 Å². The molecule has 1 nitrogen and oxygen atoms in total. The highest BCUT2D eigenvalue weighted by Gasteiger charge is 2.24. The topological polar surface area (TPSA) is 26.0 Å². The quantitative estimate of drug-likeness (QED) is 0.628. The highest BCUT2D eigenvalue weighted by atomic mass is 28.3. The van der Waals surface area contributed by atoms with E-state index in [4.69, 9.17) is 5.73 Å². The molecule has 0 aromatic carbocycles. The van der Waals surface area contributed by atoms with Gasteiger partial charge in [-0.15, -0.1) is 0 Å². The molecular weight excluding hydrogens is 138 g/mol. The summed E-state index contributed by atoms with van der Waals surface area (Å²) in [5, 5.41) is 0. The number of hydrogen-bond donors (Lipinski definition) is 1. The maximum absolute atomic E-state index is 5.64. The van der Waals surface area contributed by atoms with Gasteiger partial charge in [-0.3, -0.25) is 0 Å². The van der Waals surface area contributed by atoms with Crippen LogP contribution in [0.25, 0.3) is 0 Å². The summed E-state index contributed by atoms with van der Waals surface area (Å²) in [4.78, 5) is 0. The summed E-state index contributed by atoms with van der Waals surface area (Å²) < 4.78 is 0. The molecule has 0 aromatic rings. The average Bonchev–Trinajstić information content (AvgIpc) is 1.60. The van der Waals surface area contributed by atoms with Crippen LogP contribution in [0.5, 0.6) is 0 Å². The van der Waals surface area contributed by atoms with Crippen molar-refractivity contribution in [2.24, 2.45) is 11.1 Å². The Morgan fingerprint density at radius 3 is 1.70 bits per heavy atom. The predicted octanol–water partition coefficient (Wildman–Crippen LogP) is 2.31. The van der Waals surface area contributed by atoms with Crippen LogP contribution < -0.4 is 5.73 Å². The standard InChI is InChI=1S/C8H21NSi/c1-8(2,6-9)7-10(3,4)5/h6-7,9H2,1-5H3. The van der Waals surface area contributed by atoms with Gasteiger partial charge in [-0.05, 0) is 12.0 Å². The molecule has 0 unspecified atom stereocenters. The lowest BCUT2D eigenvalue weighted by atomic mass is 9.97. The molecule has 0 fully saturated rings. The van der Waals surface area contributed by atoms with E-state index < -0.39 is 8.07 Å². The molecule has 0 aliphatic rings. The fourth-order valence-corrected chi connectivity index (χ4v) is 4.52. The summed E-state index contributed by atoms with van der Waals surface area (Å²) in [7, 11) is -0.894. The fraction of sp³-hybridized carbons (Fsp3) is 1.00. The third-order valence-corrected chi connectivity index (χ3v) is 3.58. The monoisotopic (exact) mass is 159 g/mol. The minimum Gasteiger partial charge on any atom is -0.330 e. The van der Waals surface area contributed by atoms with Gasteiger partial charge in [0, 0.05) is 8.07 Å². The molecule has 2 N–H and O–H groups in total. The van der Waals surface area contributed by atoms with Crippen molar-refractivity contribution >= 4 is 8.07 Å². The van der Waals surface area contributed by atoms with Gasteiger partial charge in [0.1, 0.15) is 0 Å². The van der Waals surface area contributed by atoms with Gasteiger partial charge in [-0.25, -0.2) is 0 Å². The molecular formula is C8H21NSi. The minimum absolute atomic E-state index is 0.366. The largest absolute Gasteiger partial charge is 0.330 e. The molecule has 0 saturated carbocycles. The van der Waals surface area contributed by atoms with Crippen molar-refractivity contribution < 1.29 is 0 Å². The molecule has 0 atom stereocenters. The van der Waals surface area contributed by atoms with E-state index in [0.717, 1.165) is 6.54 Å². The third kappa shape index (κ3) is 5.00. The molecule has 0 rings (SSSR count). The van der Waals surface area contributed by atoms with Crippen LogP contribution in [0.15, 0.2) is 0 Å². The SMILES string of the molecule is CC(C)(CN)C[Si](C)(C)C. The molecule has 0 aromatic heterocycles. The summed E-state index contributed by atoms with van der Waals surface area (Å²) in [6.07, 6.45) is 0. The van der Waals surface area contributed by atoms with Crippen LogP contribution in [0, 0.1) is 5.41 Å². The van der Waals surface area contributed by atoms with E-state index in [0.29, 0.717) is 5.41 Å². The first-order chi connectivity index (χ1) is 4.27. The zero-order valence-electron chi connectivity index (χ0n) is 7.99. The van der Waals surface area contributed by atoms with Crippen LogP contribution in [0.2, 0.25) is 25.7 Å². The molecule has 0 amide bonds. The highest BCUT2D eigenvalue weighted by Crippen LogP contribution is 2.26. The van der Waals surface area contributed by atoms with Crippen molar-refractivity contribution in [1.82, 2.24) is 0 Å². The summed E-state index contributed by atoms with van der Waals surface area (Å²) in [5.41, 5.74) is 6.00. The molecule has 2 heteroatoms. The number of hydrogen-bond acceptors (Lipinski definition) is 1. The lowest BCUT2D eigenvalue weighted by Gasteiger charge is -2.29. The van der Waals surface area contributed by atoms with Gasteiger partial charge in [0.25, 0.3) is 0 Å². The van der Waals surface area contributed by atoms with Crippen molar-refractivity contribution in [3.63, 3.8) is 0 Å². The summed E-state index contributed by atoms with van der Waals surface area (Å²) in [6.45, 7) is 12.5. The van der Waals surface area contributed by atoms with Crippen LogP contribution in [0.4, 0.5) is 0 Å². The second-order valence-corrected chi connectivity index (χ2v) is 10.6. The smallest absolute Gasteiger partial charge is 0.0448 e. The molecule has 0 bridgehead atoms. The van der Waals surface area contributed by atoms with E-state index in [1.807, 2.05) is 0 Å². The Bertz CT molecular complexity index is 102. The highest BCUT2D eigenvalue weighted by molar-refractivity contribution is 6.76. The summed E-state index contributed by atoms with van der Waals surface area (Å²) >= 11 is 0. The van der Waals surface area contributed by atoms with Crippen molar-refractivity contribution in [2.75, 3.05) is 6.54 Å². The normalized spacial score (nSPS) is 13.8. The molecule has 62 valence electrons. The van der Waals surface area contributed by atoms with Crippen molar-refractivity contribution in [3.05, 3.63) is 0 Å². The molecule has 0 spiro atoms. The van der Waals surface area contributed by atoms with Crippen molar-refractivity contribution in [3.8, 4) is 0 Å². The Kier molecular flexibility index (Phi) is 3.11. The van der Waals surface area contributed by atoms with Crippen molar-refractivity contribution in [1.29, 1.82) is 0 Å². The van der Waals surface area contributed by atoms with Gasteiger partial charge in [0.05, 0.1) is 0 Å². The van der Waals surface area contributed by atoms with Crippen LogP contribution in [0.3, 0.4) is 0 Å². The molecule has 10 heavy (non-hydrogen) atoms. The predicted molar refractivity (Wildman–Crippen MR) is 51.0 cm³/mol. The first-order valence-corrected chi connectivity index (χ1v) is 7.68. The lowest BCUT2D eigenvalue weighted by molar-refractivity contribution is 0.421. The number of rotatable bonds is 3. The zero-order chi connectivity index (χ0) is 8.41. The second kappa shape index (κ2) is 3.05.